The highest BCUT2D eigenvalue weighted by Gasteiger charge is 1.96. The van der Waals surface area contributed by atoms with E-state index in [0.717, 1.165) is 12.0 Å². The van der Waals surface area contributed by atoms with Gasteiger partial charge < -0.3 is 5.73 Å². The van der Waals surface area contributed by atoms with Gasteiger partial charge in [0.15, 0.2) is 0 Å². The summed E-state index contributed by atoms with van der Waals surface area (Å²) in [7, 11) is 0. The molecule has 1 heteroatoms. The van der Waals surface area contributed by atoms with Crippen molar-refractivity contribution < 1.29 is 0 Å². The van der Waals surface area contributed by atoms with Crippen molar-refractivity contribution in [2.75, 3.05) is 0 Å². The number of hydrogen-bond donors (Lipinski definition) is 1. The summed E-state index contributed by atoms with van der Waals surface area (Å²) in [5.41, 5.74) is 8.12. The highest BCUT2D eigenvalue weighted by molar-refractivity contribution is 5.47. The third-order valence-electron chi connectivity index (χ3n) is 1.77. The average Bonchev–Trinajstić information content (AvgIpc) is 2.05. The molecule has 1 aromatic carbocycles. The van der Waals surface area contributed by atoms with Crippen LogP contribution in [0.25, 0.3) is 6.08 Å². The molecule has 12 heavy (non-hydrogen) atoms. The molecule has 0 saturated carbocycles. The molecule has 1 nitrogen and oxygen atoms in total. The Bertz CT molecular complexity index is 246. The van der Waals surface area contributed by atoms with E-state index in [1.165, 1.54) is 5.56 Å². The smallest absolute Gasteiger partial charge is 0.00509 e. The molecule has 0 fully saturated rings. The van der Waals surface area contributed by atoms with E-state index in [0.29, 0.717) is 0 Å². The van der Waals surface area contributed by atoms with E-state index in [1.807, 2.05) is 13.0 Å². The molecule has 0 radical (unpaired) electrons. The summed E-state index contributed by atoms with van der Waals surface area (Å²) in [6.45, 7) is 5.71. The SMILES string of the molecule is C=Cc1ccc(C[C@H](C)N)cc1. The molecule has 0 amide bonds. The van der Waals surface area contributed by atoms with Gasteiger partial charge in [-0.2, -0.15) is 0 Å². The lowest BCUT2D eigenvalue weighted by Crippen LogP contribution is -2.17. The maximum Gasteiger partial charge on any atom is 0.00509 e. The van der Waals surface area contributed by atoms with Crippen molar-refractivity contribution >= 4 is 6.08 Å². The summed E-state index contributed by atoms with van der Waals surface area (Å²) in [5, 5.41) is 0. The van der Waals surface area contributed by atoms with Crippen LogP contribution in [0.3, 0.4) is 0 Å². The molecule has 0 aromatic heterocycles. The Hall–Kier alpha value is -1.08. The van der Waals surface area contributed by atoms with Crippen molar-refractivity contribution in [1.82, 2.24) is 0 Å². The molecule has 1 atom stereocenters. The number of rotatable bonds is 3. The summed E-state index contributed by atoms with van der Waals surface area (Å²) in [5.74, 6) is 0. The fraction of sp³-hybridized carbons (Fsp3) is 0.273. The second-order valence-electron chi connectivity index (χ2n) is 3.13. The molecule has 0 bridgehead atoms. The predicted octanol–water partition coefficient (Wildman–Crippen LogP) is 2.22. The van der Waals surface area contributed by atoms with Gasteiger partial charge in [-0.25, -0.2) is 0 Å². The Kier molecular flexibility index (Phi) is 3.06. The highest BCUT2D eigenvalue weighted by Crippen LogP contribution is 2.06. The molecule has 2 N–H and O–H groups in total. The van der Waals surface area contributed by atoms with E-state index in [-0.39, 0.29) is 6.04 Å². The zero-order chi connectivity index (χ0) is 8.97. The van der Waals surface area contributed by atoms with Gasteiger partial charge in [0.1, 0.15) is 0 Å². The van der Waals surface area contributed by atoms with Gasteiger partial charge in [-0.1, -0.05) is 36.9 Å². The first-order chi connectivity index (χ1) is 5.72. The summed E-state index contributed by atoms with van der Waals surface area (Å²) >= 11 is 0. The zero-order valence-corrected chi connectivity index (χ0v) is 7.46. The highest BCUT2D eigenvalue weighted by atomic mass is 14.6. The molecule has 0 unspecified atom stereocenters. The van der Waals surface area contributed by atoms with Crippen LogP contribution in [0.2, 0.25) is 0 Å². The predicted molar refractivity (Wildman–Crippen MR) is 53.9 cm³/mol. The summed E-state index contributed by atoms with van der Waals surface area (Å²) < 4.78 is 0. The van der Waals surface area contributed by atoms with Crippen molar-refractivity contribution in [2.45, 2.75) is 19.4 Å². The third-order valence-corrected chi connectivity index (χ3v) is 1.77. The quantitative estimate of drug-likeness (QED) is 0.722. The fourth-order valence-electron chi connectivity index (χ4n) is 1.16. The van der Waals surface area contributed by atoms with Crippen LogP contribution in [-0.4, -0.2) is 6.04 Å². The summed E-state index contributed by atoms with van der Waals surface area (Å²) in [6, 6.07) is 8.55. The number of nitrogens with two attached hydrogens (primary N) is 1. The Morgan fingerprint density at radius 1 is 1.42 bits per heavy atom. The zero-order valence-electron chi connectivity index (χ0n) is 7.46. The monoisotopic (exact) mass is 161 g/mol. The van der Waals surface area contributed by atoms with Crippen molar-refractivity contribution in [1.29, 1.82) is 0 Å². The third kappa shape index (κ3) is 2.51. The Balaban J connectivity index is 2.71. The van der Waals surface area contributed by atoms with Crippen LogP contribution in [0.15, 0.2) is 30.8 Å². The number of benzene rings is 1. The molecule has 1 aromatic rings. The second-order valence-corrected chi connectivity index (χ2v) is 3.13. The molecule has 0 aliphatic rings. The molecule has 0 aliphatic heterocycles. The minimum atomic E-state index is 0.236. The van der Waals surface area contributed by atoms with Gasteiger partial charge in [-0.15, -0.1) is 0 Å². The van der Waals surface area contributed by atoms with Crippen molar-refractivity contribution in [3.8, 4) is 0 Å². The van der Waals surface area contributed by atoms with Gasteiger partial charge in [0.2, 0.25) is 0 Å². The molecular formula is C11H15N. The van der Waals surface area contributed by atoms with Gasteiger partial charge in [-0.3, -0.25) is 0 Å². The first-order valence-corrected chi connectivity index (χ1v) is 4.19. The van der Waals surface area contributed by atoms with Crippen LogP contribution in [-0.2, 0) is 6.42 Å². The van der Waals surface area contributed by atoms with Crippen molar-refractivity contribution in [3.05, 3.63) is 42.0 Å². The van der Waals surface area contributed by atoms with Crippen LogP contribution in [0.4, 0.5) is 0 Å². The first kappa shape index (κ1) is 9.01. The van der Waals surface area contributed by atoms with Crippen LogP contribution < -0.4 is 5.73 Å². The van der Waals surface area contributed by atoms with Crippen LogP contribution in [0.1, 0.15) is 18.1 Å². The lowest BCUT2D eigenvalue weighted by atomic mass is 10.1. The minimum Gasteiger partial charge on any atom is -0.328 e. The van der Waals surface area contributed by atoms with Gasteiger partial charge in [-0.05, 0) is 24.5 Å². The minimum absolute atomic E-state index is 0.236. The maximum atomic E-state index is 5.67. The molecule has 1 rings (SSSR count). The van der Waals surface area contributed by atoms with E-state index in [4.69, 9.17) is 5.73 Å². The van der Waals surface area contributed by atoms with Crippen LogP contribution in [0.5, 0.6) is 0 Å². The van der Waals surface area contributed by atoms with E-state index in [9.17, 15) is 0 Å². The van der Waals surface area contributed by atoms with Crippen molar-refractivity contribution in [2.24, 2.45) is 5.73 Å². The Labute approximate surface area is 73.9 Å². The Morgan fingerprint density at radius 3 is 2.42 bits per heavy atom. The van der Waals surface area contributed by atoms with E-state index in [2.05, 4.69) is 30.8 Å². The molecule has 0 spiro atoms. The molecular weight excluding hydrogens is 146 g/mol. The standard InChI is InChI=1S/C11H15N/c1-3-10-4-6-11(7-5-10)8-9(2)12/h3-7,9H,1,8,12H2,2H3/t9-/m0/s1. The maximum absolute atomic E-state index is 5.67. The van der Waals surface area contributed by atoms with Crippen LogP contribution >= 0.6 is 0 Å². The fourth-order valence-corrected chi connectivity index (χ4v) is 1.16. The largest absolute Gasteiger partial charge is 0.328 e. The second kappa shape index (κ2) is 4.07. The summed E-state index contributed by atoms with van der Waals surface area (Å²) in [6.07, 6.45) is 2.78. The van der Waals surface area contributed by atoms with Crippen molar-refractivity contribution in [3.63, 3.8) is 0 Å². The lowest BCUT2D eigenvalue weighted by molar-refractivity contribution is 0.738. The van der Waals surface area contributed by atoms with Gasteiger partial charge in [0, 0.05) is 6.04 Å². The van der Waals surface area contributed by atoms with E-state index < -0.39 is 0 Å². The van der Waals surface area contributed by atoms with E-state index >= 15 is 0 Å². The van der Waals surface area contributed by atoms with Crippen LogP contribution in [0, 0.1) is 0 Å². The normalized spacial score (nSPS) is 12.5. The lowest BCUT2D eigenvalue weighted by Gasteiger charge is -2.04. The van der Waals surface area contributed by atoms with Gasteiger partial charge >= 0.3 is 0 Å². The Morgan fingerprint density at radius 2 is 2.00 bits per heavy atom. The van der Waals surface area contributed by atoms with Gasteiger partial charge in [0.25, 0.3) is 0 Å². The first-order valence-electron chi connectivity index (χ1n) is 4.19. The molecule has 0 heterocycles. The summed E-state index contributed by atoms with van der Waals surface area (Å²) in [4.78, 5) is 0. The van der Waals surface area contributed by atoms with Gasteiger partial charge in [0.05, 0.1) is 0 Å². The van der Waals surface area contributed by atoms with E-state index in [1.54, 1.807) is 0 Å². The molecule has 64 valence electrons. The molecule has 0 aliphatic carbocycles. The number of hydrogen-bond acceptors (Lipinski definition) is 1. The topological polar surface area (TPSA) is 26.0 Å². The average molecular weight is 161 g/mol. The molecule has 0 saturated heterocycles.